The Morgan fingerprint density at radius 1 is 1.07 bits per heavy atom. The van der Waals surface area contributed by atoms with Gasteiger partial charge < -0.3 is 15.0 Å². The molecule has 0 radical (unpaired) electrons. The molecule has 4 aromatic rings. The Hall–Kier alpha value is -3.71. The molecule has 30 heavy (non-hydrogen) atoms. The molecule has 0 unspecified atom stereocenters. The van der Waals surface area contributed by atoms with Crippen LogP contribution in [0.1, 0.15) is 16.1 Å². The van der Waals surface area contributed by atoms with Crippen LogP contribution in [0.3, 0.4) is 0 Å². The highest BCUT2D eigenvalue weighted by molar-refractivity contribution is 6.11. The zero-order valence-electron chi connectivity index (χ0n) is 17.1. The third-order valence-electron chi connectivity index (χ3n) is 4.75. The second kappa shape index (κ2) is 8.34. The van der Waals surface area contributed by atoms with Gasteiger partial charge in [0.1, 0.15) is 5.75 Å². The van der Waals surface area contributed by atoms with Crippen LogP contribution in [0, 0.1) is 0 Å². The van der Waals surface area contributed by atoms with Crippen molar-refractivity contribution in [1.29, 1.82) is 0 Å². The van der Waals surface area contributed by atoms with E-state index in [0.717, 1.165) is 39.9 Å². The number of anilines is 1. The normalized spacial score (nSPS) is 11.1. The maximum absolute atomic E-state index is 12.8. The smallest absolute Gasteiger partial charge is 0.276 e. The fourth-order valence-corrected chi connectivity index (χ4v) is 3.33. The summed E-state index contributed by atoms with van der Waals surface area (Å²) in [4.78, 5) is 19.3. The van der Waals surface area contributed by atoms with Crippen molar-refractivity contribution in [1.82, 2.24) is 20.1 Å². The summed E-state index contributed by atoms with van der Waals surface area (Å²) >= 11 is 0. The highest BCUT2D eigenvalue weighted by Gasteiger charge is 2.15. The molecule has 0 bridgehead atoms. The summed E-state index contributed by atoms with van der Waals surface area (Å²) in [5.74, 6) is 0.455. The minimum Gasteiger partial charge on any atom is -0.497 e. The van der Waals surface area contributed by atoms with Gasteiger partial charge in [0.05, 0.1) is 12.6 Å². The number of ether oxygens (including phenoxy) is 1. The van der Waals surface area contributed by atoms with Crippen LogP contribution in [-0.4, -0.2) is 47.2 Å². The number of hydrogen-bond acceptors (Lipinski definition) is 5. The minimum atomic E-state index is -0.275. The van der Waals surface area contributed by atoms with Crippen molar-refractivity contribution in [2.24, 2.45) is 0 Å². The molecule has 1 amide bonds. The van der Waals surface area contributed by atoms with Gasteiger partial charge in [0.15, 0.2) is 5.69 Å². The summed E-state index contributed by atoms with van der Waals surface area (Å²) in [7, 11) is 5.66. The van der Waals surface area contributed by atoms with Crippen LogP contribution in [0.25, 0.3) is 22.0 Å². The molecule has 0 saturated carbocycles. The Balaban J connectivity index is 1.63. The van der Waals surface area contributed by atoms with E-state index in [9.17, 15) is 4.79 Å². The van der Waals surface area contributed by atoms with Gasteiger partial charge in [-0.05, 0) is 67.7 Å². The average molecular weight is 401 g/mol. The summed E-state index contributed by atoms with van der Waals surface area (Å²) in [6.45, 7) is 0.810. The van der Waals surface area contributed by atoms with E-state index in [0.29, 0.717) is 11.4 Å². The number of amides is 1. The lowest BCUT2D eigenvalue weighted by atomic mass is 10.0. The second-order valence-electron chi connectivity index (χ2n) is 7.33. The van der Waals surface area contributed by atoms with E-state index in [1.165, 1.54) is 0 Å². The second-order valence-corrected chi connectivity index (χ2v) is 7.33. The first kappa shape index (κ1) is 19.6. The molecule has 7 heteroatoms. The molecule has 2 aromatic carbocycles. The minimum absolute atomic E-state index is 0.275. The number of nitrogens with zero attached hydrogens (tertiary/aromatic N) is 3. The van der Waals surface area contributed by atoms with Crippen LogP contribution >= 0.6 is 0 Å². The number of aromatic nitrogens is 3. The van der Waals surface area contributed by atoms with Crippen molar-refractivity contribution < 1.29 is 9.53 Å². The summed E-state index contributed by atoms with van der Waals surface area (Å²) in [5.41, 5.74) is 4.93. The number of methoxy groups -OCH3 is 1. The van der Waals surface area contributed by atoms with Gasteiger partial charge in [-0.3, -0.25) is 14.9 Å². The maximum atomic E-state index is 12.8. The molecule has 0 aliphatic heterocycles. The number of carbonyl (C=O) groups is 1. The molecule has 2 aromatic heterocycles. The number of aromatic amines is 1. The Kier molecular flexibility index (Phi) is 5.45. The lowest BCUT2D eigenvalue weighted by Crippen LogP contribution is -2.12. The molecule has 0 fully saturated rings. The van der Waals surface area contributed by atoms with Gasteiger partial charge in [0, 0.05) is 35.6 Å². The molecule has 0 aliphatic carbocycles. The lowest BCUT2D eigenvalue weighted by molar-refractivity contribution is 0.102. The predicted molar refractivity (Wildman–Crippen MR) is 118 cm³/mol. The van der Waals surface area contributed by atoms with Crippen molar-refractivity contribution in [2.75, 3.05) is 26.5 Å². The number of rotatable bonds is 6. The van der Waals surface area contributed by atoms with Gasteiger partial charge in [-0.15, -0.1) is 0 Å². The van der Waals surface area contributed by atoms with Crippen molar-refractivity contribution in [2.45, 2.75) is 6.54 Å². The SMILES string of the molecule is COc1ccc(NC(=O)c2n[nH]c3ccc(-c4cncc(CN(C)C)c4)cc23)cc1. The van der Waals surface area contributed by atoms with E-state index < -0.39 is 0 Å². The van der Waals surface area contributed by atoms with E-state index in [-0.39, 0.29) is 5.91 Å². The highest BCUT2D eigenvalue weighted by atomic mass is 16.5. The third kappa shape index (κ3) is 4.16. The number of fused-ring (bicyclic) bond motifs is 1. The topological polar surface area (TPSA) is 83.1 Å². The van der Waals surface area contributed by atoms with Crippen LogP contribution < -0.4 is 10.1 Å². The van der Waals surface area contributed by atoms with Gasteiger partial charge in [-0.2, -0.15) is 5.10 Å². The van der Waals surface area contributed by atoms with Gasteiger partial charge >= 0.3 is 0 Å². The zero-order chi connectivity index (χ0) is 21.1. The molecule has 0 atom stereocenters. The van der Waals surface area contributed by atoms with Gasteiger partial charge in [-0.1, -0.05) is 6.07 Å². The number of carbonyl (C=O) groups excluding carboxylic acids is 1. The molecule has 0 spiro atoms. The summed E-state index contributed by atoms with van der Waals surface area (Å²) < 4.78 is 5.15. The average Bonchev–Trinajstić information content (AvgIpc) is 3.17. The van der Waals surface area contributed by atoms with Crippen LogP contribution in [0.2, 0.25) is 0 Å². The Labute approximate surface area is 174 Å². The molecule has 152 valence electrons. The first-order chi connectivity index (χ1) is 14.5. The van der Waals surface area contributed by atoms with E-state index in [1.807, 2.05) is 44.7 Å². The van der Waals surface area contributed by atoms with E-state index in [4.69, 9.17) is 4.74 Å². The lowest BCUT2D eigenvalue weighted by Gasteiger charge is -2.10. The molecule has 2 N–H and O–H groups in total. The molecular formula is C23H23N5O2. The Morgan fingerprint density at radius 3 is 2.60 bits per heavy atom. The molecule has 7 nitrogen and oxygen atoms in total. The number of pyridine rings is 1. The fourth-order valence-electron chi connectivity index (χ4n) is 3.33. The zero-order valence-corrected chi connectivity index (χ0v) is 17.1. The summed E-state index contributed by atoms with van der Waals surface area (Å²) in [6.07, 6.45) is 3.70. The first-order valence-electron chi connectivity index (χ1n) is 9.56. The van der Waals surface area contributed by atoms with Crippen LogP contribution in [0.5, 0.6) is 5.75 Å². The van der Waals surface area contributed by atoms with Gasteiger partial charge in [0.25, 0.3) is 5.91 Å². The standard InChI is InChI=1S/C23H23N5O2/c1-28(2)14-15-10-17(13-24-12-15)16-4-9-21-20(11-16)22(27-26-21)23(29)25-18-5-7-19(30-3)8-6-18/h4-13H,14H2,1-3H3,(H,25,29)(H,26,27). The van der Waals surface area contributed by atoms with E-state index >= 15 is 0 Å². The largest absolute Gasteiger partial charge is 0.497 e. The fraction of sp³-hybridized carbons (Fsp3) is 0.174. The van der Waals surface area contributed by atoms with E-state index in [1.54, 1.807) is 31.4 Å². The maximum Gasteiger partial charge on any atom is 0.276 e. The van der Waals surface area contributed by atoms with Crippen LogP contribution in [0.4, 0.5) is 5.69 Å². The molecule has 4 rings (SSSR count). The summed E-state index contributed by atoms with van der Waals surface area (Å²) in [6, 6.07) is 15.2. The predicted octanol–water partition coefficient (Wildman–Crippen LogP) is 3.95. The number of benzene rings is 2. The van der Waals surface area contributed by atoms with Crippen molar-refractivity contribution >= 4 is 22.5 Å². The molecule has 2 heterocycles. The molecule has 0 aliphatic rings. The molecule has 0 saturated heterocycles. The Bertz CT molecular complexity index is 1180. The quantitative estimate of drug-likeness (QED) is 0.511. The van der Waals surface area contributed by atoms with Crippen molar-refractivity contribution in [3.8, 4) is 16.9 Å². The molecular weight excluding hydrogens is 378 g/mol. The monoisotopic (exact) mass is 401 g/mol. The third-order valence-corrected chi connectivity index (χ3v) is 4.75. The number of H-pyrrole nitrogens is 1. The number of nitrogens with one attached hydrogen (secondary N) is 2. The first-order valence-corrected chi connectivity index (χ1v) is 9.56. The van der Waals surface area contributed by atoms with E-state index in [2.05, 4.69) is 31.5 Å². The van der Waals surface area contributed by atoms with Crippen LogP contribution in [0.15, 0.2) is 60.9 Å². The Morgan fingerprint density at radius 2 is 1.87 bits per heavy atom. The highest BCUT2D eigenvalue weighted by Crippen LogP contribution is 2.26. The van der Waals surface area contributed by atoms with Gasteiger partial charge in [0.2, 0.25) is 0 Å². The number of hydrogen-bond donors (Lipinski definition) is 2. The van der Waals surface area contributed by atoms with Gasteiger partial charge in [-0.25, -0.2) is 0 Å². The van der Waals surface area contributed by atoms with Crippen molar-refractivity contribution in [3.63, 3.8) is 0 Å². The van der Waals surface area contributed by atoms with Crippen molar-refractivity contribution in [3.05, 3.63) is 72.2 Å². The van der Waals surface area contributed by atoms with Crippen LogP contribution in [-0.2, 0) is 6.54 Å². The summed E-state index contributed by atoms with van der Waals surface area (Å²) in [5, 5.41) is 10.8.